The molecule has 0 bridgehead atoms. The van der Waals surface area contributed by atoms with Gasteiger partial charge in [-0.15, -0.1) is 0 Å². The molecular formula is C19H21N3O. The zero-order valence-electron chi connectivity index (χ0n) is 13.3. The second kappa shape index (κ2) is 5.61. The Bertz CT molecular complexity index is 830. The predicted molar refractivity (Wildman–Crippen MR) is 92.9 cm³/mol. The van der Waals surface area contributed by atoms with Gasteiger partial charge in [-0.3, -0.25) is 4.40 Å². The van der Waals surface area contributed by atoms with Crippen LogP contribution in [0.3, 0.4) is 0 Å². The second-order valence-electron chi connectivity index (χ2n) is 6.34. The number of aromatic nitrogens is 2. The summed E-state index contributed by atoms with van der Waals surface area (Å²) in [5.41, 5.74) is 4.09. The third-order valence-electron chi connectivity index (χ3n) is 4.68. The molecule has 2 heterocycles. The minimum atomic E-state index is 0.277. The van der Waals surface area contributed by atoms with Gasteiger partial charge in [-0.2, -0.15) is 0 Å². The number of nitrogens with one attached hydrogen (secondary N) is 1. The minimum Gasteiger partial charge on any atom is -0.508 e. The van der Waals surface area contributed by atoms with Gasteiger partial charge >= 0.3 is 0 Å². The highest BCUT2D eigenvalue weighted by Crippen LogP contribution is 2.33. The average molecular weight is 307 g/mol. The molecule has 0 spiro atoms. The number of pyridine rings is 1. The lowest BCUT2D eigenvalue weighted by Crippen LogP contribution is -2.16. The van der Waals surface area contributed by atoms with Crippen LogP contribution in [0.4, 0.5) is 5.82 Å². The fraction of sp³-hybridized carbons (Fsp3) is 0.316. The van der Waals surface area contributed by atoms with Crippen LogP contribution in [-0.2, 0) is 0 Å². The van der Waals surface area contributed by atoms with E-state index < -0.39 is 0 Å². The molecule has 23 heavy (non-hydrogen) atoms. The molecule has 3 aromatic rings. The van der Waals surface area contributed by atoms with Gasteiger partial charge in [0.1, 0.15) is 22.9 Å². The van der Waals surface area contributed by atoms with Crippen LogP contribution in [0.1, 0.15) is 31.4 Å². The van der Waals surface area contributed by atoms with E-state index in [9.17, 15) is 5.11 Å². The third-order valence-corrected chi connectivity index (χ3v) is 4.68. The summed E-state index contributed by atoms with van der Waals surface area (Å²) in [5, 5.41) is 13.3. The summed E-state index contributed by atoms with van der Waals surface area (Å²) in [7, 11) is 0. The van der Waals surface area contributed by atoms with Gasteiger partial charge in [-0.25, -0.2) is 4.98 Å². The van der Waals surface area contributed by atoms with Crippen LogP contribution in [0.2, 0.25) is 0 Å². The van der Waals surface area contributed by atoms with Gasteiger partial charge in [0, 0.05) is 17.3 Å². The van der Waals surface area contributed by atoms with Crippen LogP contribution >= 0.6 is 0 Å². The summed E-state index contributed by atoms with van der Waals surface area (Å²) >= 11 is 0. The standard InChI is InChI=1S/C19H21N3O/c1-13-5-4-8-17-21-18(14-9-11-16(23)12-10-14)19(22(13)17)20-15-6-2-3-7-15/h4-5,8-12,15,20,23H,2-3,6-7H2,1H3. The van der Waals surface area contributed by atoms with Crippen LogP contribution < -0.4 is 5.32 Å². The molecule has 4 heteroatoms. The van der Waals surface area contributed by atoms with Crippen LogP contribution in [0.5, 0.6) is 5.75 Å². The maximum atomic E-state index is 9.55. The first-order chi connectivity index (χ1) is 11.2. The van der Waals surface area contributed by atoms with Crippen LogP contribution in [-0.4, -0.2) is 20.5 Å². The Kier molecular flexibility index (Phi) is 3.45. The van der Waals surface area contributed by atoms with Crippen molar-refractivity contribution in [3.05, 3.63) is 48.2 Å². The molecule has 0 radical (unpaired) electrons. The van der Waals surface area contributed by atoms with Crippen molar-refractivity contribution in [1.82, 2.24) is 9.38 Å². The van der Waals surface area contributed by atoms with E-state index in [2.05, 4.69) is 22.7 Å². The maximum Gasteiger partial charge on any atom is 0.139 e. The topological polar surface area (TPSA) is 49.6 Å². The molecule has 1 aliphatic rings. The highest BCUT2D eigenvalue weighted by molar-refractivity contribution is 5.77. The average Bonchev–Trinajstić information content (AvgIpc) is 3.17. The van der Waals surface area contributed by atoms with Crippen molar-refractivity contribution in [3.8, 4) is 17.0 Å². The zero-order valence-corrected chi connectivity index (χ0v) is 13.3. The fourth-order valence-electron chi connectivity index (χ4n) is 3.47. The molecule has 0 aliphatic heterocycles. The van der Waals surface area contributed by atoms with Crippen LogP contribution in [0, 0.1) is 6.92 Å². The first-order valence-corrected chi connectivity index (χ1v) is 8.26. The summed E-state index contributed by atoms with van der Waals surface area (Å²) in [5.74, 6) is 1.34. The SMILES string of the molecule is Cc1cccc2nc(-c3ccc(O)cc3)c(NC3CCCC3)n12. The first-order valence-electron chi connectivity index (χ1n) is 8.26. The Labute approximate surface area is 135 Å². The quantitative estimate of drug-likeness (QED) is 0.755. The highest BCUT2D eigenvalue weighted by Gasteiger charge is 2.21. The summed E-state index contributed by atoms with van der Waals surface area (Å²) in [4.78, 5) is 4.83. The normalized spacial score (nSPS) is 15.3. The molecule has 0 amide bonds. The highest BCUT2D eigenvalue weighted by atomic mass is 16.3. The molecule has 2 aromatic heterocycles. The van der Waals surface area contributed by atoms with E-state index in [1.54, 1.807) is 12.1 Å². The van der Waals surface area contributed by atoms with E-state index >= 15 is 0 Å². The van der Waals surface area contributed by atoms with E-state index in [0.717, 1.165) is 22.7 Å². The molecule has 2 N–H and O–H groups in total. The largest absolute Gasteiger partial charge is 0.508 e. The molecule has 1 aromatic carbocycles. The Morgan fingerprint density at radius 2 is 1.83 bits per heavy atom. The smallest absolute Gasteiger partial charge is 0.139 e. The number of fused-ring (bicyclic) bond motifs is 1. The number of aryl methyl sites for hydroxylation is 1. The van der Waals surface area contributed by atoms with Crippen molar-refractivity contribution in [1.29, 1.82) is 0 Å². The summed E-state index contributed by atoms with van der Waals surface area (Å²) < 4.78 is 2.19. The van der Waals surface area contributed by atoms with Crippen LogP contribution in [0.25, 0.3) is 16.9 Å². The zero-order chi connectivity index (χ0) is 15.8. The second-order valence-corrected chi connectivity index (χ2v) is 6.34. The number of benzene rings is 1. The van der Waals surface area contributed by atoms with Gasteiger partial charge in [0.05, 0.1) is 0 Å². The lowest BCUT2D eigenvalue weighted by atomic mass is 10.1. The number of imidazole rings is 1. The number of rotatable bonds is 3. The molecular weight excluding hydrogens is 286 g/mol. The fourth-order valence-corrected chi connectivity index (χ4v) is 3.47. The number of phenols is 1. The van der Waals surface area contributed by atoms with E-state index in [1.165, 1.54) is 31.4 Å². The van der Waals surface area contributed by atoms with Crippen molar-refractivity contribution in [3.63, 3.8) is 0 Å². The lowest BCUT2D eigenvalue weighted by Gasteiger charge is -2.16. The summed E-state index contributed by atoms with van der Waals surface area (Å²) in [6.07, 6.45) is 5.02. The third kappa shape index (κ3) is 2.54. The Morgan fingerprint density at radius 3 is 2.57 bits per heavy atom. The van der Waals surface area contributed by atoms with E-state index in [0.29, 0.717) is 6.04 Å². The Hall–Kier alpha value is -2.49. The number of aromatic hydroxyl groups is 1. The van der Waals surface area contributed by atoms with Crippen molar-refractivity contribution < 1.29 is 5.11 Å². The minimum absolute atomic E-state index is 0.277. The van der Waals surface area contributed by atoms with Gasteiger partial charge in [0.25, 0.3) is 0 Å². The van der Waals surface area contributed by atoms with E-state index in [4.69, 9.17) is 4.98 Å². The number of hydrogen-bond donors (Lipinski definition) is 2. The molecule has 1 aliphatic carbocycles. The molecule has 4 rings (SSSR count). The molecule has 0 atom stereocenters. The van der Waals surface area contributed by atoms with E-state index in [1.807, 2.05) is 24.3 Å². The molecule has 4 nitrogen and oxygen atoms in total. The first kappa shape index (κ1) is 14.1. The van der Waals surface area contributed by atoms with Crippen molar-refractivity contribution in [2.24, 2.45) is 0 Å². The van der Waals surface area contributed by atoms with Gasteiger partial charge in [0.15, 0.2) is 0 Å². The van der Waals surface area contributed by atoms with Gasteiger partial charge in [-0.1, -0.05) is 18.9 Å². The van der Waals surface area contributed by atoms with Gasteiger partial charge < -0.3 is 10.4 Å². The van der Waals surface area contributed by atoms with Crippen molar-refractivity contribution in [2.45, 2.75) is 38.6 Å². The Balaban J connectivity index is 1.87. The van der Waals surface area contributed by atoms with Crippen LogP contribution in [0.15, 0.2) is 42.5 Å². The number of phenolic OH excluding ortho intramolecular Hbond substituents is 1. The predicted octanol–water partition coefficient (Wildman–Crippen LogP) is 4.37. The molecule has 0 saturated heterocycles. The number of anilines is 1. The summed E-state index contributed by atoms with van der Waals surface area (Å²) in [6, 6.07) is 14.0. The Morgan fingerprint density at radius 1 is 1.09 bits per heavy atom. The molecule has 0 unspecified atom stereocenters. The number of hydrogen-bond acceptors (Lipinski definition) is 3. The molecule has 1 fully saturated rings. The molecule has 1 saturated carbocycles. The van der Waals surface area contributed by atoms with E-state index in [-0.39, 0.29) is 5.75 Å². The molecule has 118 valence electrons. The summed E-state index contributed by atoms with van der Waals surface area (Å²) in [6.45, 7) is 2.11. The lowest BCUT2D eigenvalue weighted by molar-refractivity contribution is 0.475. The van der Waals surface area contributed by atoms with Gasteiger partial charge in [-0.05, 0) is 56.2 Å². The monoisotopic (exact) mass is 307 g/mol. The van der Waals surface area contributed by atoms with Crippen molar-refractivity contribution in [2.75, 3.05) is 5.32 Å². The van der Waals surface area contributed by atoms with Crippen molar-refractivity contribution >= 4 is 11.5 Å². The van der Waals surface area contributed by atoms with Gasteiger partial charge in [0.2, 0.25) is 0 Å². The maximum absolute atomic E-state index is 9.55. The number of nitrogens with zero attached hydrogens (tertiary/aromatic N) is 2.